The van der Waals surface area contributed by atoms with Crippen molar-refractivity contribution in [1.29, 1.82) is 0 Å². The van der Waals surface area contributed by atoms with Crippen molar-refractivity contribution in [2.24, 2.45) is 0 Å². The van der Waals surface area contributed by atoms with Gasteiger partial charge in [-0.05, 0) is 36.6 Å². The highest BCUT2D eigenvalue weighted by molar-refractivity contribution is 6.29. The predicted molar refractivity (Wildman–Crippen MR) is 74.2 cm³/mol. The van der Waals surface area contributed by atoms with Crippen molar-refractivity contribution < 1.29 is 9.18 Å². The zero-order chi connectivity index (χ0) is 14.5. The molecule has 104 valence electrons. The number of nitrogens with zero attached hydrogens (tertiary/aromatic N) is 2. The van der Waals surface area contributed by atoms with Crippen molar-refractivity contribution in [3.63, 3.8) is 0 Å². The summed E-state index contributed by atoms with van der Waals surface area (Å²) in [6, 6.07) is 4.60. The summed E-state index contributed by atoms with van der Waals surface area (Å²) < 4.78 is 13.0. The molecule has 1 amide bonds. The molecule has 0 spiro atoms. The lowest BCUT2D eigenvalue weighted by Crippen LogP contribution is -2.26. The van der Waals surface area contributed by atoms with E-state index in [9.17, 15) is 9.18 Å². The molecule has 2 rings (SSSR count). The molecule has 1 aromatic heterocycles. The van der Waals surface area contributed by atoms with Gasteiger partial charge >= 0.3 is 0 Å². The van der Waals surface area contributed by atoms with Crippen LogP contribution in [0.4, 0.5) is 4.39 Å². The summed E-state index contributed by atoms with van der Waals surface area (Å²) in [4.78, 5) is 19.5. The molecular weight excluding hydrogens is 281 g/mol. The Labute approximate surface area is 121 Å². The maximum Gasteiger partial charge on any atom is 0.271 e. The second-order valence-corrected chi connectivity index (χ2v) is 4.69. The number of rotatable bonds is 4. The van der Waals surface area contributed by atoms with Gasteiger partial charge in [-0.15, -0.1) is 0 Å². The molecule has 0 aliphatic rings. The lowest BCUT2D eigenvalue weighted by Gasteiger charge is -2.07. The third-order valence-electron chi connectivity index (χ3n) is 2.82. The number of nitrogens with one attached hydrogen (secondary N) is 1. The molecule has 0 unspecified atom stereocenters. The van der Waals surface area contributed by atoms with E-state index in [-0.39, 0.29) is 22.6 Å². The van der Waals surface area contributed by atoms with Crippen LogP contribution in [0.15, 0.2) is 30.6 Å². The molecule has 0 bridgehead atoms. The van der Waals surface area contributed by atoms with Gasteiger partial charge in [0.05, 0.1) is 12.4 Å². The number of carbonyl (C=O) groups excluding carboxylic acids is 1. The molecular formula is C14H13ClFN3O. The van der Waals surface area contributed by atoms with E-state index in [1.54, 1.807) is 6.07 Å². The second-order valence-electron chi connectivity index (χ2n) is 4.30. The Bertz CT molecular complexity index is 634. The van der Waals surface area contributed by atoms with E-state index < -0.39 is 0 Å². The van der Waals surface area contributed by atoms with Gasteiger partial charge in [0.15, 0.2) is 0 Å². The lowest BCUT2D eigenvalue weighted by molar-refractivity contribution is 0.0948. The maximum atomic E-state index is 13.0. The van der Waals surface area contributed by atoms with Gasteiger partial charge in [-0.25, -0.2) is 9.37 Å². The molecule has 0 aliphatic heterocycles. The second kappa shape index (κ2) is 6.43. The smallest absolute Gasteiger partial charge is 0.271 e. The molecule has 0 saturated carbocycles. The Morgan fingerprint density at radius 3 is 2.90 bits per heavy atom. The van der Waals surface area contributed by atoms with Crippen molar-refractivity contribution in [2.45, 2.75) is 13.3 Å². The number of hydrogen-bond acceptors (Lipinski definition) is 3. The summed E-state index contributed by atoms with van der Waals surface area (Å²) in [5.74, 6) is -0.593. The highest BCUT2D eigenvalue weighted by atomic mass is 35.5. The average molecular weight is 294 g/mol. The van der Waals surface area contributed by atoms with Crippen LogP contribution in [0.5, 0.6) is 0 Å². The fraction of sp³-hybridized carbons (Fsp3) is 0.214. The van der Waals surface area contributed by atoms with Crippen LogP contribution in [0.2, 0.25) is 5.15 Å². The molecule has 0 atom stereocenters. The van der Waals surface area contributed by atoms with E-state index in [1.165, 1.54) is 24.5 Å². The van der Waals surface area contributed by atoms with Gasteiger partial charge in [-0.2, -0.15) is 0 Å². The molecule has 0 fully saturated rings. The van der Waals surface area contributed by atoms with Crippen LogP contribution in [0.3, 0.4) is 0 Å². The maximum absolute atomic E-state index is 13.0. The Balaban J connectivity index is 1.91. The van der Waals surface area contributed by atoms with Gasteiger partial charge in [0, 0.05) is 6.54 Å². The van der Waals surface area contributed by atoms with Gasteiger partial charge in [0.25, 0.3) is 5.91 Å². The van der Waals surface area contributed by atoms with E-state index >= 15 is 0 Å². The molecule has 4 nitrogen and oxygen atoms in total. The quantitative estimate of drug-likeness (QED) is 0.942. The predicted octanol–water partition coefficient (Wildman–Crippen LogP) is 2.55. The lowest BCUT2D eigenvalue weighted by atomic mass is 10.1. The fourth-order valence-corrected chi connectivity index (χ4v) is 1.94. The topological polar surface area (TPSA) is 54.9 Å². The summed E-state index contributed by atoms with van der Waals surface area (Å²) in [5.41, 5.74) is 2.03. The molecule has 20 heavy (non-hydrogen) atoms. The average Bonchev–Trinajstić information content (AvgIpc) is 2.41. The minimum atomic E-state index is -0.334. The van der Waals surface area contributed by atoms with Gasteiger partial charge in [0.1, 0.15) is 16.7 Å². The van der Waals surface area contributed by atoms with Crippen LogP contribution in [-0.2, 0) is 6.42 Å². The van der Waals surface area contributed by atoms with E-state index in [0.29, 0.717) is 13.0 Å². The van der Waals surface area contributed by atoms with Crippen LogP contribution in [-0.4, -0.2) is 22.4 Å². The number of aromatic nitrogens is 2. The summed E-state index contributed by atoms with van der Waals surface area (Å²) >= 11 is 5.67. The first kappa shape index (κ1) is 14.4. The standard InChI is InChI=1S/C14H13ClFN3O/c1-9-6-11(16)3-2-10(9)4-5-18-14(20)12-7-17-8-13(15)19-12/h2-3,6-8H,4-5H2,1H3,(H,18,20). The zero-order valence-corrected chi connectivity index (χ0v) is 11.6. The zero-order valence-electron chi connectivity index (χ0n) is 10.9. The number of amides is 1. The molecule has 2 aromatic rings. The summed E-state index contributed by atoms with van der Waals surface area (Å²) in [7, 11) is 0. The fourth-order valence-electron chi connectivity index (χ4n) is 1.79. The number of hydrogen-bond donors (Lipinski definition) is 1. The van der Waals surface area contributed by atoms with Gasteiger partial charge in [-0.1, -0.05) is 17.7 Å². The molecule has 1 N–H and O–H groups in total. The number of halogens is 2. The third kappa shape index (κ3) is 3.74. The van der Waals surface area contributed by atoms with Gasteiger partial charge in [-0.3, -0.25) is 9.78 Å². The summed E-state index contributed by atoms with van der Waals surface area (Å²) in [6.07, 6.45) is 3.33. The Morgan fingerprint density at radius 2 is 2.20 bits per heavy atom. The minimum absolute atomic E-state index is 0.173. The van der Waals surface area contributed by atoms with Crippen molar-refractivity contribution in [3.8, 4) is 0 Å². The van der Waals surface area contributed by atoms with E-state index in [0.717, 1.165) is 11.1 Å². The first-order valence-electron chi connectivity index (χ1n) is 6.07. The van der Waals surface area contributed by atoms with Gasteiger partial charge < -0.3 is 5.32 Å². The molecule has 0 radical (unpaired) electrons. The van der Waals surface area contributed by atoms with Crippen LogP contribution in [0.25, 0.3) is 0 Å². The number of benzene rings is 1. The molecule has 1 aromatic carbocycles. The first-order valence-corrected chi connectivity index (χ1v) is 6.45. The summed E-state index contributed by atoms with van der Waals surface area (Å²) in [6.45, 7) is 2.27. The van der Waals surface area contributed by atoms with E-state index in [4.69, 9.17) is 11.6 Å². The van der Waals surface area contributed by atoms with Crippen LogP contribution in [0, 0.1) is 12.7 Å². The SMILES string of the molecule is Cc1cc(F)ccc1CCNC(=O)c1cncc(Cl)n1. The molecule has 6 heteroatoms. The summed E-state index contributed by atoms with van der Waals surface area (Å²) in [5, 5.41) is 2.90. The van der Waals surface area contributed by atoms with Crippen molar-refractivity contribution in [3.05, 3.63) is 58.4 Å². The van der Waals surface area contributed by atoms with E-state index in [2.05, 4.69) is 15.3 Å². The largest absolute Gasteiger partial charge is 0.350 e. The van der Waals surface area contributed by atoms with Crippen molar-refractivity contribution >= 4 is 17.5 Å². The highest BCUT2D eigenvalue weighted by Gasteiger charge is 2.08. The Hall–Kier alpha value is -2.01. The van der Waals surface area contributed by atoms with Crippen LogP contribution in [0.1, 0.15) is 21.6 Å². The van der Waals surface area contributed by atoms with Crippen LogP contribution < -0.4 is 5.32 Å². The van der Waals surface area contributed by atoms with Crippen molar-refractivity contribution in [2.75, 3.05) is 6.54 Å². The van der Waals surface area contributed by atoms with Crippen molar-refractivity contribution in [1.82, 2.24) is 15.3 Å². The molecule has 0 saturated heterocycles. The van der Waals surface area contributed by atoms with E-state index in [1.807, 2.05) is 6.92 Å². The Morgan fingerprint density at radius 1 is 1.40 bits per heavy atom. The number of carbonyl (C=O) groups is 1. The highest BCUT2D eigenvalue weighted by Crippen LogP contribution is 2.10. The van der Waals surface area contributed by atoms with Crippen LogP contribution >= 0.6 is 11.6 Å². The Kier molecular flexibility index (Phi) is 4.63. The minimum Gasteiger partial charge on any atom is -0.350 e. The monoisotopic (exact) mass is 293 g/mol. The first-order chi connectivity index (χ1) is 9.56. The van der Waals surface area contributed by atoms with Gasteiger partial charge in [0.2, 0.25) is 0 Å². The molecule has 0 aliphatic carbocycles. The third-order valence-corrected chi connectivity index (χ3v) is 3.00. The molecule has 1 heterocycles. The number of aryl methyl sites for hydroxylation is 1. The normalized spacial score (nSPS) is 10.3.